The van der Waals surface area contributed by atoms with Crippen molar-refractivity contribution in [1.29, 1.82) is 0 Å². The molecule has 0 aliphatic heterocycles. The Bertz CT molecular complexity index is 316. The van der Waals surface area contributed by atoms with E-state index in [1.54, 1.807) is 0 Å². The largest absolute Gasteiger partial charge is 0.0885 e. The molecule has 0 saturated heterocycles. The van der Waals surface area contributed by atoms with Crippen molar-refractivity contribution < 1.29 is 0 Å². The summed E-state index contributed by atoms with van der Waals surface area (Å²) < 4.78 is 0. The fraction of sp³-hybridized carbons (Fsp3) is 0.862. The van der Waals surface area contributed by atoms with Gasteiger partial charge in [0.05, 0.1) is 0 Å². The Balaban J connectivity index is 3.29. The molecule has 2 unspecified atom stereocenters. The van der Waals surface area contributed by atoms with Crippen LogP contribution in [0.3, 0.4) is 0 Å². The lowest BCUT2D eigenvalue weighted by molar-refractivity contribution is 0.433. The number of unbranched alkanes of at least 4 members (excludes halogenated alkanes) is 13. The average molecular weight is 405 g/mol. The first-order chi connectivity index (χ1) is 14.2. The molecule has 0 heterocycles. The predicted octanol–water partition coefficient (Wildman–Crippen LogP) is 10.7. The van der Waals surface area contributed by atoms with E-state index in [0.717, 1.165) is 24.7 Å². The lowest BCUT2D eigenvalue weighted by Gasteiger charge is -2.10. The van der Waals surface area contributed by atoms with E-state index in [1.165, 1.54) is 122 Å². The van der Waals surface area contributed by atoms with Gasteiger partial charge < -0.3 is 0 Å². The van der Waals surface area contributed by atoms with Crippen LogP contribution in [0.25, 0.3) is 0 Å². The van der Waals surface area contributed by atoms with Crippen LogP contribution in [-0.4, -0.2) is 0 Å². The van der Waals surface area contributed by atoms with E-state index >= 15 is 0 Å². The van der Waals surface area contributed by atoms with Gasteiger partial charge in [0, 0.05) is 0 Å². The average Bonchev–Trinajstić information content (AvgIpc) is 2.71. The highest BCUT2D eigenvalue weighted by Gasteiger charge is 2.02. The second-order valence-electron chi connectivity index (χ2n) is 9.72. The van der Waals surface area contributed by atoms with Gasteiger partial charge in [0.1, 0.15) is 0 Å². The fourth-order valence-electron chi connectivity index (χ4n) is 4.24. The maximum absolute atomic E-state index is 3.92. The fourth-order valence-corrected chi connectivity index (χ4v) is 4.24. The van der Waals surface area contributed by atoms with Gasteiger partial charge in [-0.2, -0.15) is 0 Å². The Labute approximate surface area is 186 Å². The molecule has 0 fully saturated rings. The van der Waals surface area contributed by atoms with Crippen LogP contribution in [0.15, 0.2) is 12.2 Å². The van der Waals surface area contributed by atoms with Crippen LogP contribution in [0.4, 0.5) is 0 Å². The molecule has 0 aliphatic rings. The molecule has 0 saturated carbocycles. The van der Waals surface area contributed by atoms with Crippen molar-refractivity contribution in [3.05, 3.63) is 26.0 Å². The van der Waals surface area contributed by atoms with Crippen LogP contribution in [0.5, 0.6) is 0 Å². The third-order valence-corrected chi connectivity index (χ3v) is 6.45. The van der Waals surface area contributed by atoms with E-state index < -0.39 is 0 Å². The molecule has 0 spiro atoms. The van der Waals surface area contributed by atoms with Gasteiger partial charge in [-0.3, -0.25) is 0 Å². The SMILES string of the molecule is [CH2]CCCCCCC(C)CC/C=C/CCCCCCCC(C)CCCCCC[CH2]. The van der Waals surface area contributed by atoms with Crippen molar-refractivity contribution in [2.45, 2.75) is 149 Å². The van der Waals surface area contributed by atoms with Gasteiger partial charge in [-0.25, -0.2) is 0 Å². The maximum Gasteiger partial charge on any atom is -0.0348 e. The lowest BCUT2D eigenvalue weighted by atomic mass is 9.96. The second-order valence-corrected chi connectivity index (χ2v) is 9.72. The molecule has 29 heavy (non-hydrogen) atoms. The van der Waals surface area contributed by atoms with Gasteiger partial charge in [0.25, 0.3) is 0 Å². The first-order valence-electron chi connectivity index (χ1n) is 13.4. The quantitative estimate of drug-likeness (QED) is 0.117. The molecule has 0 amide bonds. The maximum atomic E-state index is 3.92. The normalized spacial score (nSPS) is 13.9. The molecule has 0 N–H and O–H groups in total. The monoisotopic (exact) mass is 404 g/mol. The first kappa shape index (κ1) is 28.7. The molecule has 0 bridgehead atoms. The summed E-state index contributed by atoms with van der Waals surface area (Å²) in [4.78, 5) is 0. The van der Waals surface area contributed by atoms with Crippen LogP contribution in [0, 0.1) is 25.7 Å². The zero-order valence-electron chi connectivity index (χ0n) is 20.6. The highest BCUT2D eigenvalue weighted by molar-refractivity contribution is 4.82. The highest BCUT2D eigenvalue weighted by atomic mass is 14.1. The summed E-state index contributed by atoms with van der Waals surface area (Å²) in [5, 5.41) is 0. The Hall–Kier alpha value is -0.260. The van der Waals surface area contributed by atoms with Crippen molar-refractivity contribution >= 4 is 0 Å². The Morgan fingerprint density at radius 1 is 0.448 bits per heavy atom. The first-order valence-corrected chi connectivity index (χ1v) is 13.4. The summed E-state index contributed by atoms with van der Waals surface area (Å²) in [6.07, 6.45) is 33.6. The van der Waals surface area contributed by atoms with Crippen molar-refractivity contribution in [1.82, 2.24) is 0 Å². The standard InChI is InChI=1S/C29H56/c1-5-7-9-16-20-24-28(3)26-22-18-14-12-11-13-15-19-23-27-29(4)25-21-17-10-8-6-2/h14,18,28-29H,1-2,5-13,15-17,19-27H2,3-4H3/b18-14+. The van der Waals surface area contributed by atoms with Gasteiger partial charge in [-0.15, -0.1) is 0 Å². The summed E-state index contributed by atoms with van der Waals surface area (Å²) >= 11 is 0. The zero-order valence-corrected chi connectivity index (χ0v) is 20.6. The predicted molar refractivity (Wildman–Crippen MR) is 135 cm³/mol. The minimum absolute atomic E-state index is 0.899. The molecule has 0 aromatic rings. The number of hydrogen-bond donors (Lipinski definition) is 0. The van der Waals surface area contributed by atoms with Crippen LogP contribution in [-0.2, 0) is 0 Å². The molecular formula is C29H56. The third kappa shape index (κ3) is 23.9. The summed E-state index contributed by atoms with van der Waals surface area (Å²) in [6.45, 7) is 12.7. The molecule has 0 rings (SSSR count). The van der Waals surface area contributed by atoms with E-state index in [2.05, 4.69) is 39.8 Å². The number of rotatable bonds is 23. The van der Waals surface area contributed by atoms with Crippen LogP contribution >= 0.6 is 0 Å². The summed E-state index contributed by atoms with van der Waals surface area (Å²) in [7, 11) is 0. The van der Waals surface area contributed by atoms with Gasteiger partial charge in [-0.1, -0.05) is 149 Å². The van der Waals surface area contributed by atoms with Crippen molar-refractivity contribution in [2.24, 2.45) is 11.8 Å². The van der Waals surface area contributed by atoms with Crippen LogP contribution in [0.2, 0.25) is 0 Å². The number of allylic oxidation sites excluding steroid dienone is 2. The highest BCUT2D eigenvalue weighted by Crippen LogP contribution is 2.19. The van der Waals surface area contributed by atoms with E-state index in [9.17, 15) is 0 Å². The Morgan fingerprint density at radius 2 is 0.828 bits per heavy atom. The molecule has 0 aliphatic carbocycles. The van der Waals surface area contributed by atoms with Gasteiger partial charge in [-0.05, 0) is 37.5 Å². The molecule has 0 nitrogen and oxygen atoms in total. The van der Waals surface area contributed by atoms with Crippen LogP contribution < -0.4 is 0 Å². The molecule has 0 aromatic carbocycles. The second kappa shape index (κ2) is 24.0. The van der Waals surface area contributed by atoms with Gasteiger partial charge >= 0.3 is 0 Å². The number of hydrogen-bond acceptors (Lipinski definition) is 0. The van der Waals surface area contributed by atoms with E-state index in [4.69, 9.17) is 0 Å². The zero-order chi connectivity index (χ0) is 21.4. The Morgan fingerprint density at radius 3 is 1.34 bits per heavy atom. The van der Waals surface area contributed by atoms with Crippen molar-refractivity contribution in [3.63, 3.8) is 0 Å². The van der Waals surface area contributed by atoms with E-state index in [0.29, 0.717) is 0 Å². The summed E-state index contributed by atoms with van der Waals surface area (Å²) in [5.74, 6) is 1.84. The third-order valence-electron chi connectivity index (χ3n) is 6.45. The smallest absolute Gasteiger partial charge is 0.0348 e. The molecule has 0 aromatic heterocycles. The lowest BCUT2D eigenvalue weighted by Crippen LogP contribution is -1.95. The molecule has 0 heteroatoms. The summed E-state index contributed by atoms with van der Waals surface area (Å²) in [5.41, 5.74) is 0. The molecule has 2 atom stereocenters. The molecule has 2 radical (unpaired) electrons. The summed E-state index contributed by atoms with van der Waals surface area (Å²) in [6, 6.07) is 0. The van der Waals surface area contributed by atoms with E-state index in [-0.39, 0.29) is 0 Å². The molecular weight excluding hydrogens is 348 g/mol. The van der Waals surface area contributed by atoms with Crippen molar-refractivity contribution in [3.8, 4) is 0 Å². The van der Waals surface area contributed by atoms with Crippen LogP contribution in [0.1, 0.15) is 149 Å². The minimum atomic E-state index is 0.899. The van der Waals surface area contributed by atoms with E-state index in [1.807, 2.05) is 0 Å². The Kier molecular flexibility index (Phi) is 23.8. The van der Waals surface area contributed by atoms with Crippen molar-refractivity contribution in [2.75, 3.05) is 0 Å². The van der Waals surface area contributed by atoms with Gasteiger partial charge in [0.2, 0.25) is 0 Å². The van der Waals surface area contributed by atoms with Gasteiger partial charge in [0.15, 0.2) is 0 Å². The molecule has 172 valence electrons. The topological polar surface area (TPSA) is 0 Å². The minimum Gasteiger partial charge on any atom is -0.0885 e.